The van der Waals surface area contributed by atoms with Gasteiger partial charge in [0.1, 0.15) is 12.4 Å². The lowest BCUT2D eigenvalue weighted by atomic mass is 10.2. The van der Waals surface area contributed by atoms with E-state index in [0.29, 0.717) is 10.6 Å². The molecule has 0 aliphatic rings. The Morgan fingerprint density at radius 1 is 1.19 bits per heavy atom. The predicted octanol–water partition coefficient (Wildman–Crippen LogP) is 3.43. The van der Waals surface area contributed by atoms with Crippen LogP contribution in [-0.2, 0) is 0 Å². The van der Waals surface area contributed by atoms with E-state index in [0.717, 1.165) is 12.1 Å². The lowest BCUT2D eigenvalue weighted by molar-refractivity contribution is 0.0946. The molecular weight excluding hydrogens is 300 g/mol. The molecule has 0 fully saturated rings. The Kier molecular flexibility index (Phi) is 5.11. The maximum atomic E-state index is 13.3. The lowest BCUT2D eigenvalue weighted by Gasteiger charge is -2.08. The molecule has 0 saturated carbocycles. The van der Waals surface area contributed by atoms with E-state index in [1.807, 2.05) is 0 Å². The molecular formula is C15H12ClF2NO2. The molecule has 3 nitrogen and oxygen atoms in total. The van der Waals surface area contributed by atoms with Crippen molar-refractivity contribution in [3.8, 4) is 5.75 Å². The highest BCUT2D eigenvalue weighted by Crippen LogP contribution is 2.17. The molecule has 0 saturated heterocycles. The van der Waals surface area contributed by atoms with Crippen molar-refractivity contribution in [3.05, 3.63) is 64.7 Å². The van der Waals surface area contributed by atoms with Crippen LogP contribution in [0.5, 0.6) is 5.75 Å². The van der Waals surface area contributed by atoms with Gasteiger partial charge in [-0.25, -0.2) is 8.78 Å². The zero-order valence-corrected chi connectivity index (χ0v) is 11.7. The number of hydrogen-bond donors (Lipinski definition) is 1. The van der Waals surface area contributed by atoms with Crippen LogP contribution in [0.3, 0.4) is 0 Å². The Balaban J connectivity index is 1.80. The monoisotopic (exact) mass is 311 g/mol. The summed E-state index contributed by atoms with van der Waals surface area (Å²) in [5, 5.41) is 3.07. The molecule has 0 spiro atoms. The number of halogens is 3. The Bertz CT molecular complexity index is 649. The van der Waals surface area contributed by atoms with Crippen LogP contribution in [0.1, 0.15) is 10.4 Å². The van der Waals surface area contributed by atoms with Gasteiger partial charge < -0.3 is 10.1 Å². The summed E-state index contributed by atoms with van der Waals surface area (Å²) in [5.74, 6) is -1.82. The van der Waals surface area contributed by atoms with E-state index in [-0.39, 0.29) is 24.8 Å². The normalized spacial score (nSPS) is 10.2. The number of hydrogen-bond acceptors (Lipinski definition) is 2. The Morgan fingerprint density at radius 2 is 2.00 bits per heavy atom. The zero-order chi connectivity index (χ0) is 15.2. The quantitative estimate of drug-likeness (QED) is 0.859. The van der Waals surface area contributed by atoms with E-state index >= 15 is 0 Å². The number of rotatable bonds is 5. The van der Waals surface area contributed by atoms with Gasteiger partial charge in [0.15, 0.2) is 11.6 Å². The largest absolute Gasteiger partial charge is 0.489 e. The van der Waals surface area contributed by atoms with Gasteiger partial charge >= 0.3 is 0 Å². The molecule has 1 N–H and O–H groups in total. The number of carbonyl (C=O) groups excluding carboxylic acids is 1. The maximum absolute atomic E-state index is 13.3. The van der Waals surface area contributed by atoms with E-state index in [9.17, 15) is 13.6 Å². The van der Waals surface area contributed by atoms with Gasteiger partial charge in [0.25, 0.3) is 5.91 Å². The van der Waals surface area contributed by atoms with Gasteiger partial charge in [-0.2, -0.15) is 0 Å². The van der Waals surface area contributed by atoms with E-state index in [1.165, 1.54) is 12.1 Å². The minimum Gasteiger partial charge on any atom is -0.489 e. The highest BCUT2D eigenvalue weighted by molar-refractivity contribution is 6.30. The highest BCUT2D eigenvalue weighted by atomic mass is 35.5. The molecule has 110 valence electrons. The smallest absolute Gasteiger partial charge is 0.251 e. The van der Waals surface area contributed by atoms with Crippen LogP contribution in [-0.4, -0.2) is 19.1 Å². The summed E-state index contributed by atoms with van der Waals surface area (Å²) in [7, 11) is 0. The van der Waals surface area contributed by atoms with Gasteiger partial charge in [-0.15, -0.1) is 0 Å². The van der Waals surface area contributed by atoms with Crippen LogP contribution in [0.2, 0.25) is 5.02 Å². The molecule has 0 aliphatic carbocycles. The van der Waals surface area contributed by atoms with Crippen molar-refractivity contribution in [1.82, 2.24) is 5.32 Å². The third kappa shape index (κ3) is 4.43. The van der Waals surface area contributed by atoms with Crippen LogP contribution in [0.4, 0.5) is 8.78 Å². The van der Waals surface area contributed by atoms with Crippen LogP contribution in [0, 0.1) is 11.6 Å². The molecule has 2 aromatic carbocycles. The fourth-order valence-electron chi connectivity index (χ4n) is 1.65. The fraction of sp³-hybridized carbons (Fsp3) is 0.133. The van der Waals surface area contributed by atoms with Gasteiger partial charge in [0.2, 0.25) is 0 Å². The first-order chi connectivity index (χ1) is 10.1. The van der Waals surface area contributed by atoms with Crippen LogP contribution < -0.4 is 10.1 Å². The number of amides is 1. The van der Waals surface area contributed by atoms with Crippen molar-refractivity contribution < 1.29 is 18.3 Å². The first-order valence-corrected chi connectivity index (χ1v) is 6.55. The summed E-state index contributed by atoms with van der Waals surface area (Å²) in [6.07, 6.45) is 0. The van der Waals surface area contributed by atoms with Gasteiger partial charge in [-0.05, 0) is 30.3 Å². The summed E-state index contributed by atoms with van der Waals surface area (Å²) < 4.78 is 31.1. The average molecular weight is 312 g/mol. The van der Waals surface area contributed by atoms with Gasteiger partial charge in [-0.3, -0.25) is 4.79 Å². The maximum Gasteiger partial charge on any atom is 0.251 e. The summed E-state index contributed by atoms with van der Waals surface area (Å²) in [6, 6.07) is 9.53. The van der Waals surface area contributed by atoms with Crippen molar-refractivity contribution in [2.75, 3.05) is 13.2 Å². The lowest BCUT2D eigenvalue weighted by Crippen LogP contribution is -2.28. The molecule has 2 aromatic rings. The van der Waals surface area contributed by atoms with Gasteiger partial charge in [0, 0.05) is 16.7 Å². The van der Waals surface area contributed by atoms with Gasteiger partial charge in [-0.1, -0.05) is 17.7 Å². The summed E-state index contributed by atoms with van der Waals surface area (Å²) in [5.41, 5.74) is 0.426. The van der Waals surface area contributed by atoms with E-state index < -0.39 is 11.6 Å². The summed E-state index contributed by atoms with van der Waals surface area (Å²) >= 11 is 5.78. The molecule has 0 bridgehead atoms. The Morgan fingerprint density at radius 3 is 2.71 bits per heavy atom. The minimum atomic E-state index is -0.781. The third-order valence-corrected chi connectivity index (χ3v) is 2.86. The second kappa shape index (κ2) is 7.04. The second-order valence-electron chi connectivity index (χ2n) is 4.19. The molecule has 0 aromatic heterocycles. The van der Waals surface area contributed by atoms with Crippen molar-refractivity contribution >= 4 is 17.5 Å². The Hall–Kier alpha value is -2.14. The fourth-order valence-corrected chi connectivity index (χ4v) is 1.84. The summed E-state index contributed by atoms with van der Waals surface area (Å²) in [6.45, 7) is 0.247. The minimum absolute atomic E-state index is 0.0617. The molecule has 2 rings (SSSR count). The van der Waals surface area contributed by atoms with Crippen LogP contribution >= 0.6 is 11.6 Å². The number of nitrogens with one attached hydrogen (secondary N) is 1. The molecule has 21 heavy (non-hydrogen) atoms. The molecule has 0 atom stereocenters. The summed E-state index contributed by atoms with van der Waals surface area (Å²) in [4.78, 5) is 11.8. The van der Waals surface area contributed by atoms with Crippen molar-refractivity contribution in [2.24, 2.45) is 0 Å². The molecule has 0 heterocycles. The number of carbonyl (C=O) groups is 1. The SMILES string of the molecule is O=C(NCCOc1ccc(F)cc1F)c1cccc(Cl)c1. The van der Waals surface area contributed by atoms with Crippen molar-refractivity contribution in [3.63, 3.8) is 0 Å². The first kappa shape index (κ1) is 15.3. The molecule has 0 aliphatic heterocycles. The molecule has 0 radical (unpaired) electrons. The van der Waals surface area contributed by atoms with E-state index in [1.54, 1.807) is 18.2 Å². The predicted molar refractivity (Wildman–Crippen MR) is 75.6 cm³/mol. The second-order valence-corrected chi connectivity index (χ2v) is 4.63. The van der Waals surface area contributed by atoms with E-state index in [2.05, 4.69) is 5.32 Å². The molecule has 6 heteroatoms. The molecule has 1 amide bonds. The third-order valence-electron chi connectivity index (χ3n) is 2.63. The Labute approximate surface area is 125 Å². The molecule has 0 unspecified atom stereocenters. The van der Waals surface area contributed by atoms with Crippen molar-refractivity contribution in [1.29, 1.82) is 0 Å². The van der Waals surface area contributed by atoms with Crippen LogP contribution in [0.15, 0.2) is 42.5 Å². The number of ether oxygens (including phenoxy) is 1. The number of benzene rings is 2. The van der Waals surface area contributed by atoms with E-state index in [4.69, 9.17) is 16.3 Å². The highest BCUT2D eigenvalue weighted by Gasteiger charge is 2.07. The first-order valence-electron chi connectivity index (χ1n) is 6.18. The zero-order valence-electron chi connectivity index (χ0n) is 10.9. The standard InChI is InChI=1S/C15H12ClF2NO2/c16-11-3-1-2-10(8-11)15(20)19-6-7-21-14-5-4-12(17)9-13(14)18/h1-5,8-9H,6-7H2,(H,19,20). The topological polar surface area (TPSA) is 38.3 Å². The van der Waals surface area contributed by atoms with Crippen LogP contribution in [0.25, 0.3) is 0 Å². The van der Waals surface area contributed by atoms with Crippen molar-refractivity contribution in [2.45, 2.75) is 0 Å². The van der Waals surface area contributed by atoms with Gasteiger partial charge in [0.05, 0.1) is 6.54 Å². The average Bonchev–Trinajstić information content (AvgIpc) is 2.45.